The van der Waals surface area contributed by atoms with Gasteiger partial charge in [-0.05, 0) is 26.0 Å². The van der Waals surface area contributed by atoms with Gasteiger partial charge in [0.15, 0.2) is 0 Å². The minimum atomic E-state index is -0.0101. The van der Waals surface area contributed by atoms with Gasteiger partial charge in [-0.1, -0.05) is 24.4 Å². The standard InChI is InChI=1S/C12H14N2S3/c1-12(2)11(16-7-10(13)15)14-8-5-3-4-6-9(8)17-12/h3-6H,7H2,1-2H3,(H2,13,15). The van der Waals surface area contributed by atoms with Gasteiger partial charge in [-0.15, -0.1) is 23.5 Å². The maximum absolute atomic E-state index is 5.54. The summed E-state index contributed by atoms with van der Waals surface area (Å²) in [4.78, 5) is 6.47. The predicted octanol–water partition coefficient (Wildman–Crippen LogP) is 3.62. The van der Waals surface area contributed by atoms with Gasteiger partial charge in [-0.3, -0.25) is 0 Å². The monoisotopic (exact) mass is 282 g/mol. The van der Waals surface area contributed by atoms with Gasteiger partial charge in [-0.2, -0.15) is 0 Å². The molecule has 0 amide bonds. The Balaban J connectivity index is 2.30. The van der Waals surface area contributed by atoms with Crippen molar-refractivity contribution in [3.05, 3.63) is 24.3 Å². The number of thiocarbonyl (C=S) groups is 1. The molecular weight excluding hydrogens is 268 g/mol. The Labute approximate surface area is 115 Å². The summed E-state index contributed by atoms with van der Waals surface area (Å²) < 4.78 is -0.0101. The van der Waals surface area contributed by atoms with Crippen LogP contribution in [0.3, 0.4) is 0 Å². The fraction of sp³-hybridized carbons (Fsp3) is 0.333. The Hall–Kier alpha value is -0.520. The third-order valence-corrected chi connectivity index (χ3v) is 5.37. The van der Waals surface area contributed by atoms with E-state index in [1.54, 1.807) is 11.8 Å². The highest BCUT2D eigenvalue weighted by atomic mass is 32.2. The van der Waals surface area contributed by atoms with Gasteiger partial charge in [-0.25, -0.2) is 4.99 Å². The van der Waals surface area contributed by atoms with Crippen LogP contribution in [-0.4, -0.2) is 20.5 Å². The van der Waals surface area contributed by atoms with Crippen LogP contribution >= 0.6 is 35.7 Å². The highest BCUT2D eigenvalue weighted by Gasteiger charge is 2.31. The van der Waals surface area contributed by atoms with Crippen LogP contribution in [0.1, 0.15) is 13.8 Å². The van der Waals surface area contributed by atoms with Crippen LogP contribution < -0.4 is 5.73 Å². The molecule has 0 fully saturated rings. The molecule has 0 bridgehead atoms. The third-order valence-electron chi connectivity index (χ3n) is 2.32. The minimum absolute atomic E-state index is 0.0101. The minimum Gasteiger partial charge on any atom is -0.393 e. The molecule has 1 aromatic carbocycles. The molecule has 1 aromatic rings. The Morgan fingerprint density at radius 1 is 1.47 bits per heavy atom. The zero-order valence-corrected chi connectivity index (χ0v) is 12.2. The lowest BCUT2D eigenvalue weighted by Gasteiger charge is -2.30. The molecule has 0 radical (unpaired) electrons. The number of hydrogen-bond donors (Lipinski definition) is 1. The van der Waals surface area contributed by atoms with E-state index < -0.39 is 0 Å². The number of benzene rings is 1. The first-order valence-electron chi connectivity index (χ1n) is 5.27. The molecule has 5 heteroatoms. The van der Waals surface area contributed by atoms with Gasteiger partial charge < -0.3 is 5.73 Å². The molecular formula is C12H14N2S3. The van der Waals surface area contributed by atoms with Crippen LogP contribution in [0.25, 0.3) is 0 Å². The lowest BCUT2D eigenvalue weighted by Crippen LogP contribution is -2.28. The Morgan fingerprint density at radius 2 is 2.18 bits per heavy atom. The number of nitrogens with zero attached hydrogens (tertiary/aromatic N) is 1. The molecule has 2 nitrogen and oxygen atoms in total. The van der Waals surface area contributed by atoms with Crippen molar-refractivity contribution in [3.63, 3.8) is 0 Å². The maximum atomic E-state index is 5.54. The van der Waals surface area contributed by atoms with E-state index in [0.717, 1.165) is 10.7 Å². The summed E-state index contributed by atoms with van der Waals surface area (Å²) in [5.41, 5.74) is 6.59. The van der Waals surface area contributed by atoms with E-state index in [1.807, 2.05) is 30.0 Å². The number of rotatable bonds is 2. The van der Waals surface area contributed by atoms with E-state index in [2.05, 4.69) is 19.9 Å². The van der Waals surface area contributed by atoms with Crippen molar-refractivity contribution >= 4 is 51.5 Å². The highest BCUT2D eigenvalue weighted by Crippen LogP contribution is 2.45. The van der Waals surface area contributed by atoms with E-state index in [-0.39, 0.29) is 4.75 Å². The average molecular weight is 282 g/mol. The second-order valence-electron chi connectivity index (χ2n) is 4.25. The van der Waals surface area contributed by atoms with E-state index in [4.69, 9.17) is 22.9 Å². The average Bonchev–Trinajstić information content (AvgIpc) is 2.25. The van der Waals surface area contributed by atoms with Gasteiger partial charge in [0, 0.05) is 10.6 Å². The quantitative estimate of drug-likeness (QED) is 0.841. The molecule has 17 heavy (non-hydrogen) atoms. The van der Waals surface area contributed by atoms with Crippen molar-refractivity contribution in [2.45, 2.75) is 23.5 Å². The molecule has 0 unspecified atom stereocenters. The fourth-order valence-electron chi connectivity index (χ4n) is 1.54. The van der Waals surface area contributed by atoms with Crippen molar-refractivity contribution in [1.29, 1.82) is 0 Å². The van der Waals surface area contributed by atoms with Crippen LogP contribution in [0, 0.1) is 0 Å². The summed E-state index contributed by atoms with van der Waals surface area (Å²) in [5, 5.41) is 1.09. The Kier molecular flexibility index (Phi) is 3.80. The second-order valence-corrected chi connectivity index (χ2v) is 7.41. The molecule has 0 aliphatic carbocycles. The molecule has 0 spiro atoms. The van der Waals surface area contributed by atoms with E-state index in [9.17, 15) is 0 Å². The number of hydrogen-bond acceptors (Lipinski definition) is 4. The van der Waals surface area contributed by atoms with E-state index >= 15 is 0 Å². The molecule has 1 heterocycles. The van der Waals surface area contributed by atoms with E-state index in [0.29, 0.717) is 10.7 Å². The molecule has 2 rings (SSSR count). The zero-order chi connectivity index (χ0) is 12.5. The normalized spacial score (nSPS) is 17.2. The van der Waals surface area contributed by atoms with Crippen molar-refractivity contribution in [1.82, 2.24) is 0 Å². The third kappa shape index (κ3) is 3.03. The molecule has 0 aromatic heterocycles. The predicted molar refractivity (Wildman–Crippen MR) is 82.7 cm³/mol. The molecule has 1 aliphatic rings. The van der Waals surface area contributed by atoms with Gasteiger partial charge in [0.05, 0.1) is 20.5 Å². The molecule has 0 saturated carbocycles. The van der Waals surface area contributed by atoms with Crippen LogP contribution in [0.15, 0.2) is 34.2 Å². The van der Waals surface area contributed by atoms with Gasteiger partial charge in [0.1, 0.15) is 0 Å². The summed E-state index contributed by atoms with van der Waals surface area (Å²) in [6, 6.07) is 8.21. The number of aliphatic imine (C=N–C) groups is 1. The summed E-state index contributed by atoms with van der Waals surface area (Å²) in [6.45, 7) is 4.36. The molecule has 0 saturated heterocycles. The summed E-state index contributed by atoms with van der Waals surface area (Å²) in [5.74, 6) is 0.653. The lowest BCUT2D eigenvalue weighted by atomic mass is 10.2. The first kappa shape index (κ1) is 12.9. The SMILES string of the molecule is CC1(C)Sc2ccccc2N=C1SCC(N)=S. The van der Waals surface area contributed by atoms with Gasteiger partial charge in [0.2, 0.25) is 0 Å². The summed E-state index contributed by atoms with van der Waals surface area (Å²) in [7, 11) is 0. The zero-order valence-electron chi connectivity index (χ0n) is 9.77. The number of para-hydroxylation sites is 1. The maximum Gasteiger partial charge on any atom is 0.0902 e. The number of nitrogens with two attached hydrogens (primary N) is 1. The first-order valence-corrected chi connectivity index (χ1v) is 7.48. The summed E-state index contributed by atoms with van der Waals surface area (Å²) in [6.07, 6.45) is 0. The largest absolute Gasteiger partial charge is 0.393 e. The van der Waals surface area contributed by atoms with Gasteiger partial charge in [0.25, 0.3) is 0 Å². The molecule has 1 aliphatic heterocycles. The van der Waals surface area contributed by atoms with Crippen molar-refractivity contribution in [2.75, 3.05) is 5.75 Å². The Bertz CT molecular complexity index is 480. The van der Waals surface area contributed by atoms with E-state index in [1.165, 1.54) is 4.90 Å². The topological polar surface area (TPSA) is 38.4 Å². The molecule has 2 N–H and O–H groups in total. The fourth-order valence-corrected chi connectivity index (χ4v) is 3.86. The van der Waals surface area contributed by atoms with Crippen LogP contribution in [0.4, 0.5) is 5.69 Å². The smallest absolute Gasteiger partial charge is 0.0902 e. The van der Waals surface area contributed by atoms with Crippen LogP contribution in [0.2, 0.25) is 0 Å². The van der Waals surface area contributed by atoms with Crippen molar-refractivity contribution < 1.29 is 0 Å². The lowest BCUT2D eigenvalue weighted by molar-refractivity contribution is 0.954. The van der Waals surface area contributed by atoms with Crippen LogP contribution in [0.5, 0.6) is 0 Å². The Morgan fingerprint density at radius 3 is 2.88 bits per heavy atom. The summed E-state index contributed by atoms with van der Waals surface area (Å²) >= 11 is 8.39. The van der Waals surface area contributed by atoms with Crippen molar-refractivity contribution in [3.8, 4) is 0 Å². The van der Waals surface area contributed by atoms with Crippen molar-refractivity contribution in [2.24, 2.45) is 10.7 Å². The second kappa shape index (κ2) is 5.00. The van der Waals surface area contributed by atoms with Gasteiger partial charge >= 0.3 is 0 Å². The highest BCUT2D eigenvalue weighted by molar-refractivity contribution is 8.17. The number of thioether (sulfide) groups is 2. The molecule has 90 valence electrons. The first-order chi connectivity index (χ1) is 7.99. The molecule has 0 atom stereocenters. The number of fused-ring (bicyclic) bond motifs is 1. The van der Waals surface area contributed by atoms with Crippen LogP contribution in [-0.2, 0) is 0 Å².